The van der Waals surface area contributed by atoms with Gasteiger partial charge in [-0.15, -0.1) is 0 Å². The number of anilines is 1. The number of rotatable bonds is 6. The minimum Gasteiger partial charge on any atom is -0.383 e. The van der Waals surface area contributed by atoms with Gasteiger partial charge in [-0.2, -0.15) is 0 Å². The number of carbonyl (C=O) groups is 2. The molecule has 0 saturated carbocycles. The van der Waals surface area contributed by atoms with Crippen molar-refractivity contribution in [2.75, 3.05) is 25.6 Å². The van der Waals surface area contributed by atoms with Crippen LogP contribution in [0.1, 0.15) is 20.7 Å². The second-order valence-corrected chi connectivity index (χ2v) is 4.88. The van der Waals surface area contributed by atoms with Crippen LogP contribution >= 0.6 is 0 Å². The Balaban J connectivity index is 2.05. The van der Waals surface area contributed by atoms with Crippen molar-refractivity contribution in [1.82, 2.24) is 5.32 Å². The van der Waals surface area contributed by atoms with Crippen LogP contribution in [0.15, 0.2) is 42.5 Å². The standard InChI is InChI=1S/C17H16F2N2O3/c1-24-10-9-20-16(22)11-5-7-12(8-6-11)17(23)21-15-13(18)3-2-4-14(15)19/h2-8H,9-10H2,1H3,(H,20,22)(H,21,23). The highest BCUT2D eigenvalue weighted by atomic mass is 19.1. The fourth-order valence-electron chi connectivity index (χ4n) is 1.94. The Bertz CT molecular complexity index is 713. The quantitative estimate of drug-likeness (QED) is 0.798. The second-order valence-electron chi connectivity index (χ2n) is 4.88. The van der Waals surface area contributed by atoms with Crippen LogP contribution in [0.25, 0.3) is 0 Å². The summed E-state index contributed by atoms with van der Waals surface area (Å²) in [6.45, 7) is 0.755. The minimum atomic E-state index is -0.863. The van der Waals surface area contributed by atoms with E-state index in [1.807, 2.05) is 0 Å². The molecular formula is C17H16F2N2O3. The Morgan fingerprint density at radius 1 is 0.958 bits per heavy atom. The van der Waals surface area contributed by atoms with Crippen molar-refractivity contribution >= 4 is 17.5 Å². The predicted octanol–water partition coefficient (Wildman–Crippen LogP) is 2.59. The minimum absolute atomic E-state index is 0.172. The van der Waals surface area contributed by atoms with Crippen LogP contribution in [-0.2, 0) is 4.74 Å². The number of nitrogens with one attached hydrogen (secondary N) is 2. The molecule has 0 bridgehead atoms. The smallest absolute Gasteiger partial charge is 0.255 e. The average Bonchev–Trinajstić information content (AvgIpc) is 2.58. The third-order valence-electron chi connectivity index (χ3n) is 3.20. The molecule has 24 heavy (non-hydrogen) atoms. The summed E-state index contributed by atoms with van der Waals surface area (Å²) < 4.78 is 31.9. The number of para-hydroxylation sites is 1. The highest BCUT2D eigenvalue weighted by Crippen LogP contribution is 2.19. The van der Waals surface area contributed by atoms with Crippen LogP contribution in [0.3, 0.4) is 0 Å². The van der Waals surface area contributed by atoms with E-state index in [1.54, 1.807) is 0 Å². The van der Waals surface area contributed by atoms with Gasteiger partial charge in [-0.3, -0.25) is 9.59 Å². The first-order valence-electron chi connectivity index (χ1n) is 7.15. The average molecular weight is 334 g/mol. The number of ether oxygens (including phenoxy) is 1. The van der Waals surface area contributed by atoms with Crippen molar-refractivity contribution in [1.29, 1.82) is 0 Å². The summed E-state index contributed by atoms with van der Waals surface area (Å²) in [5.74, 6) is -2.71. The van der Waals surface area contributed by atoms with Crippen molar-refractivity contribution < 1.29 is 23.1 Å². The Morgan fingerprint density at radius 2 is 1.50 bits per heavy atom. The molecule has 0 aliphatic rings. The summed E-state index contributed by atoms with van der Waals surface area (Å²) in [6.07, 6.45) is 0. The summed E-state index contributed by atoms with van der Waals surface area (Å²) in [7, 11) is 1.53. The predicted molar refractivity (Wildman–Crippen MR) is 85.0 cm³/mol. The maximum Gasteiger partial charge on any atom is 0.255 e. The van der Waals surface area contributed by atoms with E-state index in [9.17, 15) is 18.4 Å². The topological polar surface area (TPSA) is 67.4 Å². The van der Waals surface area contributed by atoms with Crippen molar-refractivity contribution in [2.24, 2.45) is 0 Å². The molecule has 0 fully saturated rings. The van der Waals surface area contributed by atoms with E-state index in [0.29, 0.717) is 18.7 Å². The lowest BCUT2D eigenvalue weighted by Crippen LogP contribution is -2.27. The Hall–Kier alpha value is -2.80. The van der Waals surface area contributed by atoms with Crippen LogP contribution in [0.5, 0.6) is 0 Å². The normalized spacial score (nSPS) is 10.3. The lowest BCUT2D eigenvalue weighted by molar-refractivity contribution is 0.0935. The molecule has 0 aromatic heterocycles. The monoisotopic (exact) mass is 334 g/mol. The molecule has 0 radical (unpaired) electrons. The summed E-state index contributed by atoms with van der Waals surface area (Å²) in [5.41, 5.74) is 0.0229. The van der Waals surface area contributed by atoms with Crippen LogP contribution < -0.4 is 10.6 Å². The summed E-state index contributed by atoms with van der Waals surface area (Å²) in [4.78, 5) is 23.9. The molecule has 7 heteroatoms. The molecule has 2 aromatic rings. The van der Waals surface area contributed by atoms with Crippen LogP contribution in [-0.4, -0.2) is 32.1 Å². The first kappa shape index (κ1) is 17.6. The third-order valence-corrected chi connectivity index (χ3v) is 3.20. The van der Waals surface area contributed by atoms with E-state index in [1.165, 1.54) is 37.4 Å². The molecule has 0 aliphatic carbocycles. The van der Waals surface area contributed by atoms with Crippen LogP contribution in [0.4, 0.5) is 14.5 Å². The van der Waals surface area contributed by atoms with Crippen LogP contribution in [0, 0.1) is 11.6 Å². The summed E-state index contributed by atoms with van der Waals surface area (Å²) >= 11 is 0. The number of benzene rings is 2. The highest BCUT2D eigenvalue weighted by molar-refractivity contribution is 6.05. The SMILES string of the molecule is COCCNC(=O)c1ccc(C(=O)Nc2c(F)cccc2F)cc1. The zero-order chi connectivity index (χ0) is 17.5. The number of amides is 2. The summed E-state index contributed by atoms with van der Waals surface area (Å²) in [5, 5.41) is 4.82. The van der Waals surface area contributed by atoms with Crippen molar-refractivity contribution in [3.05, 3.63) is 65.2 Å². The molecule has 2 amide bonds. The van der Waals surface area contributed by atoms with Crippen molar-refractivity contribution in [2.45, 2.75) is 0 Å². The van der Waals surface area contributed by atoms with Gasteiger partial charge in [0, 0.05) is 24.8 Å². The Morgan fingerprint density at radius 3 is 2.04 bits per heavy atom. The number of hydrogen-bond donors (Lipinski definition) is 2. The molecule has 0 spiro atoms. The van der Waals surface area contributed by atoms with Gasteiger partial charge in [0.05, 0.1) is 6.61 Å². The lowest BCUT2D eigenvalue weighted by Gasteiger charge is -2.08. The van der Waals surface area contributed by atoms with Gasteiger partial charge >= 0.3 is 0 Å². The molecule has 126 valence electrons. The lowest BCUT2D eigenvalue weighted by atomic mass is 10.1. The first-order valence-corrected chi connectivity index (χ1v) is 7.15. The zero-order valence-corrected chi connectivity index (χ0v) is 12.9. The van der Waals surface area contributed by atoms with E-state index < -0.39 is 23.2 Å². The Labute approximate surface area is 137 Å². The van der Waals surface area contributed by atoms with E-state index >= 15 is 0 Å². The van der Waals surface area contributed by atoms with E-state index in [4.69, 9.17) is 4.74 Å². The molecule has 2 aromatic carbocycles. The molecule has 0 aliphatic heterocycles. The van der Waals surface area contributed by atoms with Crippen LogP contribution in [0.2, 0.25) is 0 Å². The molecule has 5 nitrogen and oxygen atoms in total. The van der Waals surface area contributed by atoms with Gasteiger partial charge in [-0.05, 0) is 36.4 Å². The van der Waals surface area contributed by atoms with Gasteiger partial charge < -0.3 is 15.4 Å². The van der Waals surface area contributed by atoms with Crippen molar-refractivity contribution in [3.63, 3.8) is 0 Å². The van der Waals surface area contributed by atoms with Gasteiger partial charge in [-0.25, -0.2) is 8.78 Å². The molecule has 0 atom stereocenters. The van der Waals surface area contributed by atoms with Gasteiger partial charge in [-0.1, -0.05) is 6.07 Å². The number of methoxy groups -OCH3 is 1. The molecular weight excluding hydrogens is 318 g/mol. The molecule has 0 heterocycles. The zero-order valence-electron chi connectivity index (χ0n) is 12.9. The number of carbonyl (C=O) groups excluding carboxylic acids is 2. The number of halogens is 2. The largest absolute Gasteiger partial charge is 0.383 e. The second kappa shape index (κ2) is 8.16. The third kappa shape index (κ3) is 4.36. The fourth-order valence-corrected chi connectivity index (χ4v) is 1.94. The van der Waals surface area contributed by atoms with E-state index in [0.717, 1.165) is 12.1 Å². The van der Waals surface area contributed by atoms with Crippen molar-refractivity contribution in [3.8, 4) is 0 Å². The maximum absolute atomic E-state index is 13.5. The van der Waals surface area contributed by atoms with Gasteiger partial charge in [0.1, 0.15) is 17.3 Å². The van der Waals surface area contributed by atoms with E-state index in [-0.39, 0.29) is 11.5 Å². The van der Waals surface area contributed by atoms with Gasteiger partial charge in [0.25, 0.3) is 11.8 Å². The van der Waals surface area contributed by atoms with E-state index in [2.05, 4.69) is 10.6 Å². The summed E-state index contributed by atoms with van der Waals surface area (Å²) in [6, 6.07) is 9.01. The number of hydrogen-bond acceptors (Lipinski definition) is 3. The highest BCUT2D eigenvalue weighted by Gasteiger charge is 2.14. The first-order chi connectivity index (χ1) is 11.5. The van der Waals surface area contributed by atoms with Gasteiger partial charge in [0.2, 0.25) is 0 Å². The maximum atomic E-state index is 13.5. The molecule has 2 N–H and O–H groups in total. The molecule has 0 saturated heterocycles. The Kier molecular flexibility index (Phi) is 5.97. The fraction of sp³-hybridized carbons (Fsp3) is 0.176. The molecule has 2 rings (SSSR count). The van der Waals surface area contributed by atoms with Gasteiger partial charge in [0.15, 0.2) is 0 Å². The molecule has 0 unspecified atom stereocenters.